The van der Waals surface area contributed by atoms with Crippen LogP contribution in [-0.4, -0.2) is 25.8 Å². The molecule has 0 amide bonds. The third kappa shape index (κ3) is 1.00. The van der Waals surface area contributed by atoms with Crippen LogP contribution in [0.3, 0.4) is 0 Å². The number of aromatic carboxylic acids is 1. The largest absolute Gasteiger partial charge is 0.478 e. The smallest absolute Gasteiger partial charge is 0.339 e. The fourth-order valence-electron chi connectivity index (χ4n) is 1.37. The van der Waals surface area contributed by atoms with Gasteiger partial charge in [0.25, 0.3) is 5.56 Å². The number of carbonyl (C=O) groups is 1. The number of H-pyrrole nitrogens is 1. The number of nitrogens with one attached hydrogen (secondary N) is 1. The van der Waals surface area contributed by atoms with E-state index in [4.69, 9.17) is 5.11 Å². The Kier molecular flexibility index (Phi) is 1.63. The zero-order chi connectivity index (χ0) is 10.3. The Morgan fingerprint density at radius 3 is 3.00 bits per heavy atom. The fourth-order valence-corrected chi connectivity index (χ4v) is 1.37. The first-order valence-electron chi connectivity index (χ1n) is 3.88. The molecule has 2 heterocycles. The van der Waals surface area contributed by atoms with Gasteiger partial charge in [0.05, 0.1) is 17.1 Å². The summed E-state index contributed by atoms with van der Waals surface area (Å²) in [4.78, 5) is 24.4. The Balaban J connectivity index is 3.00. The van der Waals surface area contributed by atoms with E-state index in [0.717, 1.165) is 0 Å². The molecule has 2 N–H and O–H groups in total. The molecule has 0 radical (unpaired) electrons. The van der Waals surface area contributed by atoms with Crippen LogP contribution in [0.5, 0.6) is 0 Å². The van der Waals surface area contributed by atoms with E-state index in [1.807, 2.05) is 0 Å². The van der Waals surface area contributed by atoms with Gasteiger partial charge in [0.1, 0.15) is 5.56 Å². The van der Waals surface area contributed by atoms with Crippen molar-refractivity contribution in [1.29, 1.82) is 0 Å². The van der Waals surface area contributed by atoms with Crippen LogP contribution in [0.4, 0.5) is 0 Å². The molecule has 0 saturated heterocycles. The molecule has 0 saturated carbocycles. The molecule has 6 heteroatoms. The topological polar surface area (TPSA) is 88.0 Å². The van der Waals surface area contributed by atoms with Gasteiger partial charge in [-0.15, -0.1) is 0 Å². The Morgan fingerprint density at radius 1 is 1.64 bits per heavy atom. The minimum absolute atomic E-state index is 0.0413. The molecule has 0 aliphatic carbocycles. The van der Waals surface area contributed by atoms with Gasteiger partial charge in [-0.05, 0) is 0 Å². The maximum Gasteiger partial charge on any atom is 0.339 e. The molecule has 72 valence electrons. The van der Waals surface area contributed by atoms with Crippen molar-refractivity contribution in [2.45, 2.75) is 0 Å². The Hall–Kier alpha value is -2.11. The summed E-state index contributed by atoms with van der Waals surface area (Å²) >= 11 is 0. The molecule has 0 aromatic carbocycles. The highest BCUT2D eigenvalue weighted by atomic mass is 16.4. The van der Waals surface area contributed by atoms with Crippen molar-refractivity contribution >= 4 is 16.9 Å². The van der Waals surface area contributed by atoms with Crippen LogP contribution in [0, 0.1) is 0 Å². The van der Waals surface area contributed by atoms with Gasteiger partial charge in [-0.2, -0.15) is 5.10 Å². The zero-order valence-electron chi connectivity index (χ0n) is 7.31. The van der Waals surface area contributed by atoms with E-state index in [1.165, 1.54) is 17.1 Å². The number of hydrogen-bond donors (Lipinski definition) is 2. The van der Waals surface area contributed by atoms with Crippen molar-refractivity contribution in [3.8, 4) is 0 Å². The SMILES string of the molecule is Cn1ncc2c(=O)[nH]cc(C(=O)O)c21. The number of rotatable bonds is 1. The molecule has 0 aliphatic rings. The number of aryl methyl sites for hydroxylation is 1. The van der Waals surface area contributed by atoms with Crippen LogP contribution >= 0.6 is 0 Å². The number of aromatic amines is 1. The molecule has 0 atom stereocenters. The maximum atomic E-state index is 11.3. The lowest BCUT2D eigenvalue weighted by molar-refractivity contribution is 0.0698. The number of carboxylic acids is 1. The van der Waals surface area contributed by atoms with E-state index in [2.05, 4.69) is 10.1 Å². The second kappa shape index (κ2) is 2.69. The van der Waals surface area contributed by atoms with Gasteiger partial charge in [-0.25, -0.2) is 4.79 Å². The van der Waals surface area contributed by atoms with Gasteiger partial charge in [0, 0.05) is 13.2 Å². The minimum atomic E-state index is -1.09. The normalized spacial score (nSPS) is 10.6. The summed E-state index contributed by atoms with van der Waals surface area (Å²) in [6, 6.07) is 0. The fraction of sp³-hybridized carbons (Fsp3) is 0.125. The molecule has 0 bridgehead atoms. The van der Waals surface area contributed by atoms with Crippen molar-refractivity contribution < 1.29 is 9.90 Å². The van der Waals surface area contributed by atoms with Crippen LogP contribution in [0.2, 0.25) is 0 Å². The predicted octanol–water partition coefficient (Wildman–Crippen LogP) is -0.0402. The molecule has 2 aromatic heterocycles. The van der Waals surface area contributed by atoms with Crippen molar-refractivity contribution in [2.75, 3.05) is 0 Å². The lowest BCUT2D eigenvalue weighted by atomic mass is 10.2. The molecule has 6 nitrogen and oxygen atoms in total. The standard InChI is InChI=1S/C8H7N3O3/c1-11-6-4(3-10-11)7(12)9-2-5(6)8(13)14/h2-3H,1H3,(H,9,12)(H,13,14). The first-order valence-corrected chi connectivity index (χ1v) is 3.88. The average Bonchev–Trinajstić information content (AvgIpc) is 2.50. The zero-order valence-corrected chi connectivity index (χ0v) is 7.31. The summed E-state index contributed by atoms with van der Waals surface area (Å²) in [5.41, 5.74) is 0.0407. The first-order chi connectivity index (χ1) is 6.61. The van der Waals surface area contributed by atoms with Gasteiger partial charge in [-0.1, -0.05) is 0 Å². The summed E-state index contributed by atoms with van der Waals surface area (Å²) in [5, 5.41) is 13.0. The van der Waals surface area contributed by atoms with E-state index >= 15 is 0 Å². The van der Waals surface area contributed by atoms with Crippen molar-refractivity contribution in [1.82, 2.24) is 14.8 Å². The van der Waals surface area contributed by atoms with Gasteiger partial charge in [0.15, 0.2) is 0 Å². The second-order valence-electron chi connectivity index (χ2n) is 2.87. The number of pyridine rings is 1. The third-order valence-corrected chi connectivity index (χ3v) is 2.02. The average molecular weight is 193 g/mol. The van der Waals surface area contributed by atoms with Gasteiger partial charge >= 0.3 is 5.97 Å². The molecule has 2 rings (SSSR count). The van der Waals surface area contributed by atoms with Crippen LogP contribution in [0.1, 0.15) is 10.4 Å². The lowest BCUT2D eigenvalue weighted by Gasteiger charge is -1.98. The summed E-state index contributed by atoms with van der Waals surface area (Å²) in [7, 11) is 1.59. The Morgan fingerprint density at radius 2 is 2.36 bits per heavy atom. The van der Waals surface area contributed by atoms with Crippen molar-refractivity contribution in [2.24, 2.45) is 7.05 Å². The van der Waals surface area contributed by atoms with E-state index in [9.17, 15) is 9.59 Å². The highest BCUT2D eigenvalue weighted by molar-refractivity contribution is 6.01. The lowest BCUT2D eigenvalue weighted by Crippen LogP contribution is -2.10. The molecule has 0 unspecified atom stereocenters. The number of fused-ring (bicyclic) bond motifs is 1. The summed E-state index contributed by atoms with van der Waals surface area (Å²) in [6.07, 6.45) is 2.52. The Bertz CT molecular complexity index is 567. The van der Waals surface area contributed by atoms with E-state index < -0.39 is 5.97 Å². The van der Waals surface area contributed by atoms with E-state index in [1.54, 1.807) is 7.05 Å². The summed E-state index contributed by atoms with van der Waals surface area (Å²) in [6.45, 7) is 0. The number of hydrogen-bond acceptors (Lipinski definition) is 3. The monoisotopic (exact) mass is 193 g/mol. The van der Waals surface area contributed by atoms with E-state index in [0.29, 0.717) is 5.52 Å². The molecular weight excluding hydrogens is 186 g/mol. The third-order valence-electron chi connectivity index (χ3n) is 2.02. The number of aromatic nitrogens is 3. The van der Waals surface area contributed by atoms with Crippen LogP contribution in [0.15, 0.2) is 17.2 Å². The predicted molar refractivity (Wildman–Crippen MR) is 48.3 cm³/mol. The molecule has 0 aliphatic heterocycles. The number of nitrogens with zero attached hydrogens (tertiary/aromatic N) is 2. The number of carboxylic acid groups (broad SMARTS) is 1. The van der Waals surface area contributed by atoms with Crippen LogP contribution < -0.4 is 5.56 Å². The van der Waals surface area contributed by atoms with Crippen molar-refractivity contribution in [3.63, 3.8) is 0 Å². The second-order valence-corrected chi connectivity index (χ2v) is 2.87. The molecule has 0 fully saturated rings. The maximum absolute atomic E-state index is 11.3. The van der Waals surface area contributed by atoms with Crippen molar-refractivity contribution in [3.05, 3.63) is 28.3 Å². The van der Waals surface area contributed by atoms with Gasteiger partial charge < -0.3 is 10.1 Å². The van der Waals surface area contributed by atoms with Gasteiger partial charge in [0.2, 0.25) is 0 Å². The molecule has 14 heavy (non-hydrogen) atoms. The highest BCUT2D eigenvalue weighted by Gasteiger charge is 2.14. The van der Waals surface area contributed by atoms with Crippen LogP contribution in [0.25, 0.3) is 10.9 Å². The molecule has 0 spiro atoms. The molecule has 2 aromatic rings. The van der Waals surface area contributed by atoms with E-state index in [-0.39, 0.29) is 16.5 Å². The minimum Gasteiger partial charge on any atom is -0.478 e. The summed E-state index contributed by atoms with van der Waals surface area (Å²) < 4.78 is 1.37. The highest BCUT2D eigenvalue weighted by Crippen LogP contribution is 2.12. The Labute approximate surface area is 77.8 Å². The first kappa shape index (κ1) is 8.49. The summed E-state index contributed by atoms with van der Waals surface area (Å²) in [5.74, 6) is -1.09. The van der Waals surface area contributed by atoms with Crippen LogP contribution in [-0.2, 0) is 7.05 Å². The van der Waals surface area contributed by atoms with Gasteiger partial charge in [-0.3, -0.25) is 9.48 Å². The quantitative estimate of drug-likeness (QED) is 0.665. The molecular formula is C8H7N3O3.